The summed E-state index contributed by atoms with van der Waals surface area (Å²) in [7, 11) is 0. The summed E-state index contributed by atoms with van der Waals surface area (Å²) in [5.74, 6) is 0.870. The summed E-state index contributed by atoms with van der Waals surface area (Å²) in [4.78, 5) is 2.49. The van der Waals surface area contributed by atoms with Gasteiger partial charge in [0.15, 0.2) is 0 Å². The van der Waals surface area contributed by atoms with Crippen LogP contribution in [0, 0.1) is 5.92 Å². The van der Waals surface area contributed by atoms with Crippen molar-refractivity contribution in [2.75, 3.05) is 39.4 Å². The summed E-state index contributed by atoms with van der Waals surface area (Å²) in [5, 5.41) is 3.45. The number of nitrogens with one attached hydrogen (secondary N) is 1. The van der Waals surface area contributed by atoms with Crippen LogP contribution in [0.1, 0.15) is 24.0 Å². The molecule has 0 atom stereocenters. The second-order valence-corrected chi connectivity index (χ2v) is 6.11. The van der Waals surface area contributed by atoms with E-state index >= 15 is 0 Å². The minimum atomic E-state index is 0.870. The van der Waals surface area contributed by atoms with Crippen LogP contribution in [0.5, 0.6) is 0 Å². The number of benzene rings is 1. The predicted octanol–water partition coefficient (Wildman–Crippen LogP) is 2.06. The Morgan fingerprint density at radius 1 is 1.10 bits per heavy atom. The smallest absolute Gasteiger partial charge is 0.0594 e. The number of nitrogens with zero attached hydrogens (tertiary/aromatic N) is 1. The molecule has 110 valence electrons. The Balaban J connectivity index is 1.57. The van der Waals surface area contributed by atoms with E-state index in [1.165, 1.54) is 43.5 Å². The Bertz CT molecular complexity index is 374. The van der Waals surface area contributed by atoms with Gasteiger partial charge in [0.2, 0.25) is 0 Å². The Morgan fingerprint density at radius 2 is 1.85 bits per heavy atom. The Kier molecular flexibility index (Phi) is 5.06. The quantitative estimate of drug-likeness (QED) is 0.909. The van der Waals surface area contributed by atoms with Crippen LogP contribution >= 0.6 is 0 Å². The van der Waals surface area contributed by atoms with Crippen molar-refractivity contribution in [3.05, 3.63) is 35.4 Å². The van der Waals surface area contributed by atoms with Gasteiger partial charge in [0.25, 0.3) is 0 Å². The number of morpholine rings is 1. The molecule has 0 unspecified atom stereocenters. The molecular formula is C17H26N2O. The van der Waals surface area contributed by atoms with Crippen LogP contribution in [-0.4, -0.2) is 44.3 Å². The highest BCUT2D eigenvalue weighted by Gasteiger charge is 2.14. The van der Waals surface area contributed by atoms with Gasteiger partial charge in [-0.1, -0.05) is 24.3 Å². The van der Waals surface area contributed by atoms with E-state index in [2.05, 4.69) is 34.5 Å². The molecule has 1 N–H and O–H groups in total. The van der Waals surface area contributed by atoms with Crippen molar-refractivity contribution in [3.63, 3.8) is 0 Å². The van der Waals surface area contributed by atoms with Gasteiger partial charge < -0.3 is 10.1 Å². The molecule has 2 fully saturated rings. The van der Waals surface area contributed by atoms with Crippen LogP contribution in [0.15, 0.2) is 24.3 Å². The lowest BCUT2D eigenvalue weighted by Gasteiger charge is -2.27. The first kappa shape index (κ1) is 14.1. The predicted molar refractivity (Wildman–Crippen MR) is 81.8 cm³/mol. The van der Waals surface area contributed by atoms with Gasteiger partial charge in [0, 0.05) is 19.6 Å². The summed E-state index contributed by atoms with van der Waals surface area (Å²) in [6.45, 7) is 7.36. The van der Waals surface area contributed by atoms with Crippen molar-refractivity contribution in [2.24, 2.45) is 5.92 Å². The molecule has 3 heteroatoms. The van der Waals surface area contributed by atoms with Crippen LogP contribution in [0.25, 0.3) is 0 Å². The summed E-state index contributed by atoms with van der Waals surface area (Å²) < 4.78 is 5.41. The molecular weight excluding hydrogens is 248 g/mol. The molecule has 0 radical (unpaired) electrons. The van der Waals surface area contributed by atoms with Crippen molar-refractivity contribution in [2.45, 2.75) is 25.8 Å². The molecule has 1 aromatic carbocycles. The van der Waals surface area contributed by atoms with E-state index in [4.69, 9.17) is 4.74 Å². The second kappa shape index (κ2) is 7.21. The number of piperidine rings is 1. The molecule has 0 saturated carbocycles. The molecule has 2 heterocycles. The minimum absolute atomic E-state index is 0.870. The SMILES string of the molecule is c1cc(CC2CCNCC2)cc(CN2CCOCC2)c1. The highest BCUT2D eigenvalue weighted by molar-refractivity contribution is 5.24. The third kappa shape index (κ3) is 4.05. The molecule has 20 heavy (non-hydrogen) atoms. The van der Waals surface area contributed by atoms with E-state index in [9.17, 15) is 0 Å². The summed E-state index contributed by atoms with van der Waals surface area (Å²) in [5.41, 5.74) is 2.97. The lowest BCUT2D eigenvalue weighted by Crippen LogP contribution is -2.35. The summed E-state index contributed by atoms with van der Waals surface area (Å²) in [6.07, 6.45) is 3.90. The third-order valence-electron chi connectivity index (χ3n) is 4.48. The minimum Gasteiger partial charge on any atom is -0.379 e. The number of hydrogen-bond donors (Lipinski definition) is 1. The Morgan fingerprint density at radius 3 is 2.65 bits per heavy atom. The van der Waals surface area contributed by atoms with Crippen LogP contribution in [0.4, 0.5) is 0 Å². The number of rotatable bonds is 4. The molecule has 1 aromatic rings. The standard InChI is InChI=1S/C17H26N2O/c1-2-16(12-15-4-6-18-7-5-15)13-17(3-1)14-19-8-10-20-11-9-19/h1-3,13,15,18H,4-12,14H2. The van der Waals surface area contributed by atoms with Crippen molar-refractivity contribution >= 4 is 0 Å². The molecule has 2 aliphatic heterocycles. The van der Waals surface area contributed by atoms with Gasteiger partial charge in [-0.3, -0.25) is 4.90 Å². The topological polar surface area (TPSA) is 24.5 Å². The Hall–Kier alpha value is -0.900. The van der Waals surface area contributed by atoms with Crippen molar-refractivity contribution in [3.8, 4) is 0 Å². The summed E-state index contributed by atoms with van der Waals surface area (Å²) in [6, 6.07) is 9.20. The average molecular weight is 274 g/mol. The molecule has 2 saturated heterocycles. The maximum atomic E-state index is 5.41. The van der Waals surface area contributed by atoms with Gasteiger partial charge in [-0.15, -0.1) is 0 Å². The fraction of sp³-hybridized carbons (Fsp3) is 0.647. The zero-order valence-electron chi connectivity index (χ0n) is 12.3. The van der Waals surface area contributed by atoms with Gasteiger partial charge in [0.05, 0.1) is 13.2 Å². The number of hydrogen-bond acceptors (Lipinski definition) is 3. The van der Waals surface area contributed by atoms with Crippen molar-refractivity contribution in [1.29, 1.82) is 0 Å². The third-order valence-corrected chi connectivity index (χ3v) is 4.48. The molecule has 0 spiro atoms. The first-order chi connectivity index (χ1) is 9.90. The van der Waals surface area contributed by atoms with Crippen molar-refractivity contribution in [1.82, 2.24) is 10.2 Å². The highest BCUT2D eigenvalue weighted by atomic mass is 16.5. The van der Waals surface area contributed by atoms with Crippen LogP contribution < -0.4 is 5.32 Å². The van der Waals surface area contributed by atoms with E-state index in [1.807, 2.05) is 0 Å². The molecule has 3 rings (SSSR count). The zero-order chi connectivity index (χ0) is 13.6. The summed E-state index contributed by atoms with van der Waals surface area (Å²) >= 11 is 0. The molecule has 0 aromatic heterocycles. The van der Waals surface area contributed by atoms with E-state index in [0.29, 0.717) is 0 Å². The van der Waals surface area contributed by atoms with Gasteiger partial charge in [0.1, 0.15) is 0 Å². The van der Waals surface area contributed by atoms with E-state index in [-0.39, 0.29) is 0 Å². The largest absolute Gasteiger partial charge is 0.379 e. The lowest BCUT2D eigenvalue weighted by molar-refractivity contribution is 0.0342. The second-order valence-electron chi connectivity index (χ2n) is 6.11. The highest BCUT2D eigenvalue weighted by Crippen LogP contribution is 2.19. The molecule has 2 aliphatic rings. The van der Waals surface area contributed by atoms with E-state index < -0.39 is 0 Å². The monoisotopic (exact) mass is 274 g/mol. The van der Waals surface area contributed by atoms with Crippen LogP contribution in [0.3, 0.4) is 0 Å². The number of ether oxygens (including phenoxy) is 1. The van der Waals surface area contributed by atoms with E-state index in [0.717, 1.165) is 38.8 Å². The molecule has 0 aliphatic carbocycles. The van der Waals surface area contributed by atoms with Gasteiger partial charge in [-0.25, -0.2) is 0 Å². The van der Waals surface area contributed by atoms with Crippen LogP contribution in [-0.2, 0) is 17.7 Å². The van der Waals surface area contributed by atoms with Gasteiger partial charge in [-0.05, 0) is 49.4 Å². The lowest BCUT2D eigenvalue weighted by atomic mass is 9.90. The van der Waals surface area contributed by atoms with Crippen LogP contribution in [0.2, 0.25) is 0 Å². The van der Waals surface area contributed by atoms with Gasteiger partial charge in [-0.2, -0.15) is 0 Å². The zero-order valence-corrected chi connectivity index (χ0v) is 12.3. The first-order valence-corrected chi connectivity index (χ1v) is 7.99. The molecule has 0 amide bonds. The fourth-order valence-electron chi connectivity index (χ4n) is 3.29. The molecule has 3 nitrogen and oxygen atoms in total. The van der Waals surface area contributed by atoms with E-state index in [1.54, 1.807) is 0 Å². The maximum Gasteiger partial charge on any atom is 0.0594 e. The molecule has 0 bridgehead atoms. The first-order valence-electron chi connectivity index (χ1n) is 7.99. The van der Waals surface area contributed by atoms with Gasteiger partial charge >= 0.3 is 0 Å². The average Bonchev–Trinajstić information content (AvgIpc) is 2.50. The Labute approximate surface area is 122 Å². The normalized spacial score (nSPS) is 22.0. The maximum absolute atomic E-state index is 5.41. The fourth-order valence-corrected chi connectivity index (χ4v) is 3.29. The van der Waals surface area contributed by atoms with Crippen molar-refractivity contribution < 1.29 is 4.74 Å².